The number of nitrogens with two attached hydrogens (primary N) is 1. The fourth-order valence-corrected chi connectivity index (χ4v) is 2.05. The Bertz CT molecular complexity index is 635. The Morgan fingerprint density at radius 1 is 1.30 bits per heavy atom. The minimum absolute atomic E-state index is 0.00398. The van der Waals surface area contributed by atoms with Gasteiger partial charge in [0, 0.05) is 29.9 Å². The number of nitrogens with one attached hydrogen (secondary N) is 2. The van der Waals surface area contributed by atoms with Crippen LogP contribution in [-0.2, 0) is 9.53 Å². The average molecular weight is 324 g/mol. The summed E-state index contributed by atoms with van der Waals surface area (Å²) in [6.07, 6.45) is -0.510. The van der Waals surface area contributed by atoms with E-state index in [0.29, 0.717) is 0 Å². The molecule has 3 amide bonds. The number of hydrogen-bond donors (Lipinski definition) is 3. The molecule has 0 aromatic heterocycles. The number of nitrogen functional groups attached to an aromatic ring is 1. The normalized spacial score (nSPS) is 14.0. The largest absolute Gasteiger partial charge is 0.453 e. The van der Waals surface area contributed by atoms with E-state index in [4.69, 9.17) is 5.73 Å². The molecule has 0 spiro atoms. The van der Waals surface area contributed by atoms with Crippen LogP contribution in [0.4, 0.5) is 14.9 Å². The van der Waals surface area contributed by atoms with Gasteiger partial charge in [-0.25, -0.2) is 9.18 Å². The first-order chi connectivity index (χ1) is 10.8. The Balaban J connectivity index is 1.86. The van der Waals surface area contributed by atoms with E-state index in [0.717, 1.165) is 6.07 Å². The van der Waals surface area contributed by atoms with Gasteiger partial charge in [-0.1, -0.05) is 0 Å². The zero-order valence-electron chi connectivity index (χ0n) is 12.7. The van der Waals surface area contributed by atoms with Crippen molar-refractivity contribution in [3.8, 4) is 0 Å². The highest BCUT2D eigenvalue weighted by Gasteiger charge is 2.36. The molecule has 9 heteroatoms. The van der Waals surface area contributed by atoms with E-state index in [9.17, 15) is 18.8 Å². The van der Waals surface area contributed by atoms with Gasteiger partial charge >= 0.3 is 6.09 Å². The minimum Gasteiger partial charge on any atom is -0.453 e. The van der Waals surface area contributed by atoms with Gasteiger partial charge in [-0.2, -0.15) is 0 Å². The number of halogens is 1. The molecule has 0 saturated carbocycles. The molecule has 124 valence electrons. The van der Waals surface area contributed by atoms with Crippen molar-refractivity contribution in [2.75, 3.05) is 25.9 Å². The second kappa shape index (κ2) is 6.51. The van der Waals surface area contributed by atoms with E-state index in [2.05, 4.69) is 15.6 Å². The fraction of sp³-hybridized carbons (Fsp3) is 0.357. The van der Waals surface area contributed by atoms with Gasteiger partial charge in [0.15, 0.2) is 0 Å². The average Bonchev–Trinajstić information content (AvgIpc) is 2.47. The SMILES string of the molecule is COC(=O)N1CC(C(=O)NNC(=O)c2cc(N)c(C)c(F)c2)C1. The number of hydrazine groups is 1. The molecule has 1 aromatic rings. The van der Waals surface area contributed by atoms with Gasteiger partial charge in [-0.15, -0.1) is 0 Å². The molecular weight excluding hydrogens is 307 g/mol. The predicted octanol–water partition coefficient (Wildman–Crippen LogP) is 0.176. The van der Waals surface area contributed by atoms with Crippen molar-refractivity contribution in [1.29, 1.82) is 0 Å². The lowest BCUT2D eigenvalue weighted by molar-refractivity contribution is -0.130. The first kappa shape index (κ1) is 16.5. The highest BCUT2D eigenvalue weighted by molar-refractivity contribution is 5.96. The summed E-state index contributed by atoms with van der Waals surface area (Å²) in [5.74, 6) is -2.17. The highest BCUT2D eigenvalue weighted by Crippen LogP contribution is 2.18. The van der Waals surface area contributed by atoms with Crippen molar-refractivity contribution < 1.29 is 23.5 Å². The fourth-order valence-electron chi connectivity index (χ4n) is 2.05. The van der Waals surface area contributed by atoms with E-state index in [-0.39, 0.29) is 29.9 Å². The molecule has 23 heavy (non-hydrogen) atoms. The summed E-state index contributed by atoms with van der Waals surface area (Å²) in [4.78, 5) is 36.2. The molecule has 0 unspecified atom stereocenters. The van der Waals surface area contributed by atoms with Crippen LogP contribution in [0.25, 0.3) is 0 Å². The summed E-state index contributed by atoms with van der Waals surface area (Å²) in [5, 5.41) is 0. The molecule has 0 bridgehead atoms. The van der Waals surface area contributed by atoms with Gasteiger partial charge < -0.3 is 15.4 Å². The van der Waals surface area contributed by atoms with E-state index >= 15 is 0 Å². The maximum atomic E-state index is 13.5. The summed E-state index contributed by atoms with van der Waals surface area (Å²) in [6.45, 7) is 1.92. The minimum atomic E-state index is -0.687. The van der Waals surface area contributed by atoms with Crippen molar-refractivity contribution in [2.24, 2.45) is 5.92 Å². The molecule has 4 N–H and O–H groups in total. The van der Waals surface area contributed by atoms with Gasteiger partial charge in [-0.3, -0.25) is 20.4 Å². The van der Waals surface area contributed by atoms with Crippen LogP contribution in [-0.4, -0.2) is 43.0 Å². The number of carbonyl (C=O) groups is 3. The van der Waals surface area contributed by atoms with E-state index < -0.39 is 29.6 Å². The van der Waals surface area contributed by atoms with Crippen LogP contribution in [0.15, 0.2) is 12.1 Å². The molecule has 1 saturated heterocycles. The summed E-state index contributed by atoms with van der Waals surface area (Å²) < 4.78 is 18.1. The number of likely N-dealkylation sites (tertiary alicyclic amines) is 1. The Labute approximate surface area is 131 Å². The molecule has 8 nitrogen and oxygen atoms in total. The number of carbonyl (C=O) groups excluding carboxylic acids is 3. The molecule has 0 aliphatic carbocycles. The van der Waals surface area contributed by atoms with E-state index in [1.807, 2.05) is 0 Å². The Kier molecular flexibility index (Phi) is 4.68. The van der Waals surface area contributed by atoms with Crippen LogP contribution in [0, 0.1) is 18.7 Å². The van der Waals surface area contributed by atoms with Crippen LogP contribution in [0.2, 0.25) is 0 Å². The number of methoxy groups -OCH3 is 1. The Hall–Kier alpha value is -2.84. The van der Waals surface area contributed by atoms with Crippen molar-refractivity contribution in [1.82, 2.24) is 15.8 Å². The monoisotopic (exact) mass is 324 g/mol. The summed E-state index contributed by atoms with van der Waals surface area (Å²) in [6, 6.07) is 2.36. The zero-order chi connectivity index (χ0) is 17.1. The molecule has 1 aliphatic heterocycles. The number of ether oxygens (including phenoxy) is 1. The van der Waals surface area contributed by atoms with Crippen molar-refractivity contribution in [3.05, 3.63) is 29.1 Å². The number of anilines is 1. The Morgan fingerprint density at radius 2 is 1.96 bits per heavy atom. The molecule has 1 heterocycles. The van der Waals surface area contributed by atoms with Gasteiger partial charge in [-0.05, 0) is 19.1 Å². The number of nitrogens with zero attached hydrogens (tertiary/aromatic N) is 1. The number of hydrogen-bond acceptors (Lipinski definition) is 5. The maximum Gasteiger partial charge on any atom is 0.409 e. The van der Waals surface area contributed by atoms with Gasteiger partial charge in [0.1, 0.15) is 5.82 Å². The smallest absolute Gasteiger partial charge is 0.409 e. The third-order valence-corrected chi connectivity index (χ3v) is 3.63. The summed E-state index contributed by atoms with van der Waals surface area (Å²) in [7, 11) is 1.25. The third kappa shape index (κ3) is 3.50. The first-order valence-corrected chi connectivity index (χ1v) is 6.82. The molecular formula is C14H17FN4O4. The predicted molar refractivity (Wildman–Crippen MR) is 78.6 cm³/mol. The zero-order valence-corrected chi connectivity index (χ0v) is 12.7. The summed E-state index contributed by atoms with van der Waals surface area (Å²) >= 11 is 0. The number of rotatable bonds is 2. The van der Waals surface area contributed by atoms with Gasteiger partial charge in [0.05, 0.1) is 13.0 Å². The lowest BCUT2D eigenvalue weighted by Crippen LogP contribution is -2.58. The van der Waals surface area contributed by atoms with Crippen LogP contribution >= 0.6 is 0 Å². The molecule has 1 aromatic carbocycles. The third-order valence-electron chi connectivity index (χ3n) is 3.63. The molecule has 2 rings (SSSR count). The second-order valence-corrected chi connectivity index (χ2v) is 5.19. The van der Waals surface area contributed by atoms with Gasteiger partial charge in [0.25, 0.3) is 5.91 Å². The summed E-state index contributed by atoms with van der Waals surface area (Å²) in [5.41, 5.74) is 10.4. The van der Waals surface area contributed by atoms with Crippen LogP contribution in [0.1, 0.15) is 15.9 Å². The Morgan fingerprint density at radius 3 is 2.52 bits per heavy atom. The standard InChI is InChI=1S/C14H17FN4O4/c1-7-10(15)3-8(4-11(7)16)12(20)17-18-13(21)9-5-19(6-9)14(22)23-2/h3-4,9H,5-6,16H2,1-2H3,(H,17,20)(H,18,21). The highest BCUT2D eigenvalue weighted by atomic mass is 19.1. The maximum absolute atomic E-state index is 13.5. The first-order valence-electron chi connectivity index (χ1n) is 6.82. The second-order valence-electron chi connectivity index (χ2n) is 5.19. The molecule has 0 radical (unpaired) electrons. The molecule has 0 atom stereocenters. The lowest BCUT2D eigenvalue weighted by Gasteiger charge is -2.36. The van der Waals surface area contributed by atoms with Crippen molar-refractivity contribution in [2.45, 2.75) is 6.92 Å². The molecule has 1 fully saturated rings. The van der Waals surface area contributed by atoms with Crippen molar-refractivity contribution >= 4 is 23.6 Å². The van der Waals surface area contributed by atoms with Crippen molar-refractivity contribution in [3.63, 3.8) is 0 Å². The topological polar surface area (TPSA) is 114 Å². The van der Waals surface area contributed by atoms with E-state index in [1.54, 1.807) is 0 Å². The van der Waals surface area contributed by atoms with Crippen LogP contribution in [0.3, 0.4) is 0 Å². The van der Waals surface area contributed by atoms with E-state index in [1.165, 1.54) is 25.0 Å². The van der Waals surface area contributed by atoms with Gasteiger partial charge in [0.2, 0.25) is 5.91 Å². The lowest BCUT2D eigenvalue weighted by atomic mass is 10.0. The van der Waals surface area contributed by atoms with Crippen LogP contribution < -0.4 is 16.6 Å². The van der Waals surface area contributed by atoms with Crippen LogP contribution in [0.5, 0.6) is 0 Å². The quantitative estimate of drug-likeness (QED) is 0.530. The number of benzene rings is 1. The number of amides is 3. The molecule has 1 aliphatic rings.